The quantitative estimate of drug-likeness (QED) is 0.325. The highest BCUT2D eigenvalue weighted by atomic mass is 35.5. The smallest absolute Gasteiger partial charge is 0.343 e. The molecule has 0 radical (unpaired) electrons. The van der Waals surface area contributed by atoms with Crippen LogP contribution in [0.1, 0.15) is 86.8 Å². The summed E-state index contributed by atoms with van der Waals surface area (Å²) in [5.41, 5.74) is 2.82. The van der Waals surface area contributed by atoms with Gasteiger partial charge in [0.25, 0.3) is 0 Å². The molecule has 0 saturated carbocycles. The minimum Gasteiger partial charge on any atom is -0.466 e. The van der Waals surface area contributed by atoms with Crippen molar-refractivity contribution in [1.82, 2.24) is 0 Å². The zero-order valence-corrected chi connectivity index (χ0v) is 20.1. The zero-order chi connectivity index (χ0) is 23.2. The van der Waals surface area contributed by atoms with Crippen LogP contribution in [0.25, 0.3) is 0 Å². The van der Waals surface area contributed by atoms with Crippen LogP contribution in [0.2, 0.25) is 5.02 Å². The van der Waals surface area contributed by atoms with Gasteiger partial charge in [0, 0.05) is 10.6 Å². The summed E-state index contributed by atoms with van der Waals surface area (Å²) in [6, 6.07) is 10.7. The molecule has 0 aliphatic heterocycles. The summed E-state index contributed by atoms with van der Waals surface area (Å²) in [7, 11) is 0. The number of esters is 2. The number of unbranched alkanes of at least 4 members (excludes halogenated alkanes) is 1. The van der Waals surface area contributed by atoms with Gasteiger partial charge in [-0.1, -0.05) is 70.3 Å². The molecule has 1 unspecified atom stereocenters. The van der Waals surface area contributed by atoms with E-state index in [9.17, 15) is 9.59 Å². The molecule has 2 aromatic rings. The first-order chi connectivity index (χ1) is 14.6. The maximum atomic E-state index is 12.9. The largest absolute Gasteiger partial charge is 0.466 e. The van der Waals surface area contributed by atoms with Crippen molar-refractivity contribution in [2.24, 2.45) is 0 Å². The molecule has 0 N–H and O–H groups in total. The van der Waals surface area contributed by atoms with Crippen molar-refractivity contribution in [3.05, 3.63) is 63.7 Å². The van der Waals surface area contributed by atoms with Crippen molar-refractivity contribution in [1.29, 1.82) is 0 Å². The molecule has 0 spiro atoms. The second-order valence-electron chi connectivity index (χ2n) is 8.81. The molecule has 1 atom stereocenters. The second kappa shape index (κ2) is 10.8. The minimum atomic E-state index is -0.506. The summed E-state index contributed by atoms with van der Waals surface area (Å²) >= 11 is 6.04. The Morgan fingerprint density at radius 2 is 1.81 bits per heavy atom. The predicted octanol–water partition coefficient (Wildman–Crippen LogP) is 7.00. The molecule has 168 valence electrons. The summed E-state index contributed by atoms with van der Waals surface area (Å²) in [6.07, 6.45) is 2.44. The SMILES string of the molecule is CCCCC(C(=O)OCC)c1cc(C(C)(C)C)cc(C)c1OC(=O)c1cccc(Cl)c1. The number of carbonyl (C=O) groups excluding carboxylic acids is 2. The van der Waals surface area contributed by atoms with Gasteiger partial charge in [-0.15, -0.1) is 0 Å². The van der Waals surface area contributed by atoms with Crippen molar-refractivity contribution < 1.29 is 19.1 Å². The average molecular weight is 445 g/mol. The van der Waals surface area contributed by atoms with Gasteiger partial charge in [0.1, 0.15) is 5.75 Å². The van der Waals surface area contributed by atoms with Crippen molar-refractivity contribution >= 4 is 23.5 Å². The lowest BCUT2D eigenvalue weighted by Gasteiger charge is -2.26. The number of ether oxygens (including phenoxy) is 2. The Morgan fingerprint density at radius 3 is 2.39 bits per heavy atom. The maximum Gasteiger partial charge on any atom is 0.343 e. The highest BCUT2D eigenvalue weighted by Crippen LogP contribution is 2.38. The third-order valence-corrected chi connectivity index (χ3v) is 5.45. The lowest BCUT2D eigenvalue weighted by Crippen LogP contribution is -2.21. The van der Waals surface area contributed by atoms with Crippen molar-refractivity contribution in [2.75, 3.05) is 6.61 Å². The van der Waals surface area contributed by atoms with E-state index in [0.717, 1.165) is 24.0 Å². The highest BCUT2D eigenvalue weighted by Gasteiger charge is 2.29. The van der Waals surface area contributed by atoms with Crippen LogP contribution in [-0.4, -0.2) is 18.5 Å². The van der Waals surface area contributed by atoms with E-state index in [1.54, 1.807) is 31.2 Å². The first-order valence-electron chi connectivity index (χ1n) is 10.9. The highest BCUT2D eigenvalue weighted by molar-refractivity contribution is 6.30. The van der Waals surface area contributed by atoms with Crippen LogP contribution in [0.4, 0.5) is 0 Å². The Hall–Kier alpha value is -2.33. The van der Waals surface area contributed by atoms with Crippen molar-refractivity contribution in [3.8, 4) is 5.75 Å². The third-order valence-electron chi connectivity index (χ3n) is 5.22. The van der Waals surface area contributed by atoms with Crippen LogP contribution in [0, 0.1) is 6.92 Å². The number of carbonyl (C=O) groups is 2. The Kier molecular flexibility index (Phi) is 8.69. The monoisotopic (exact) mass is 444 g/mol. The summed E-state index contributed by atoms with van der Waals surface area (Å²) in [5.74, 6) is -0.870. The fraction of sp³-hybridized carbons (Fsp3) is 0.462. The molecule has 0 bridgehead atoms. The molecule has 31 heavy (non-hydrogen) atoms. The molecule has 4 nitrogen and oxygen atoms in total. The summed E-state index contributed by atoms with van der Waals surface area (Å²) in [6.45, 7) is 12.4. The average Bonchev–Trinajstić information content (AvgIpc) is 2.69. The molecule has 0 saturated heterocycles. The maximum absolute atomic E-state index is 12.9. The van der Waals surface area contributed by atoms with Crippen LogP contribution < -0.4 is 4.74 Å². The van der Waals surface area contributed by atoms with Crippen LogP contribution in [0.3, 0.4) is 0 Å². The Labute approximate surface area is 190 Å². The van der Waals surface area contributed by atoms with Gasteiger partial charge in [-0.05, 0) is 55.0 Å². The molecule has 0 fully saturated rings. The number of benzene rings is 2. The number of hydrogen-bond acceptors (Lipinski definition) is 4. The van der Waals surface area contributed by atoms with Gasteiger partial charge in [-0.2, -0.15) is 0 Å². The minimum absolute atomic E-state index is 0.126. The molecule has 0 aromatic heterocycles. The van der Waals surface area contributed by atoms with E-state index in [1.165, 1.54) is 0 Å². The van der Waals surface area contributed by atoms with Crippen molar-refractivity contribution in [2.45, 2.75) is 72.1 Å². The normalized spacial score (nSPS) is 12.4. The van der Waals surface area contributed by atoms with Gasteiger partial charge >= 0.3 is 11.9 Å². The van der Waals surface area contributed by atoms with E-state index in [2.05, 4.69) is 27.7 Å². The molecule has 5 heteroatoms. The van der Waals surface area contributed by atoms with E-state index in [1.807, 2.05) is 19.1 Å². The first kappa shape index (κ1) is 24.9. The molecule has 0 heterocycles. The van der Waals surface area contributed by atoms with Crippen LogP contribution in [0.5, 0.6) is 5.75 Å². The fourth-order valence-electron chi connectivity index (χ4n) is 3.45. The summed E-state index contributed by atoms with van der Waals surface area (Å²) in [4.78, 5) is 25.8. The van der Waals surface area contributed by atoms with E-state index in [4.69, 9.17) is 21.1 Å². The van der Waals surface area contributed by atoms with Gasteiger partial charge in [-0.25, -0.2) is 4.79 Å². The molecule has 0 aliphatic rings. The fourth-order valence-corrected chi connectivity index (χ4v) is 3.64. The Balaban J connectivity index is 2.59. The second-order valence-corrected chi connectivity index (χ2v) is 9.24. The summed E-state index contributed by atoms with van der Waals surface area (Å²) in [5, 5.41) is 0.460. The number of halogens is 1. The summed E-state index contributed by atoms with van der Waals surface area (Å²) < 4.78 is 11.3. The van der Waals surface area contributed by atoms with Gasteiger partial charge in [0.05, 0.1) is 18.1 Å². The number of rotatable bonds is 8. The molecule has 0 amide bonds. The van der Waals surface area contributed by atoms with Crippen LogP contribution >= 0.6 is 11.6 Å². The molecule has 2 rings (SSSR count). The lowest BCUT2D eigenvalue weighted by atomic mass is 9.82. The molecular weight excluding hydrogens is 412 g/mol. The predicted molar refractivity (Wildman–Crippen MR) is 125 cm³/mol. The molecule has 0 aliphatic carbocycles. The van der Waals surface area contributed by atoms with E-state index < -0.39 is 11.9 Å². The van der Waals surface area contributed by atoms with E-state index in [0.29, 0.717) is 34.9 Å². The van der Waals surface area contributed by atoms with Crippen LogP contribution in [-0.2, 0) is 14.9 Å². The van der Waals surface area contributed by atoms with Gasteiger partial charge in [-0.3, -0.25) is 4.79 Å². The van der Waals surface area contributed by atoms with E-state index in [-0.39, 0.29) is 11.4 Å². The van der Waals surface area contributed by atoms with E-state index >= 15 is 0 Å². The zero-order valence-electron chi connectivity index (χ0n) is 19.4. The Bertz CT molecular complexity index is 927. The van der Waals surface area contributed by atoms with Crippen LogP contribution in [0.15, 0.2) is 36.4 Å². The van der Waals surface area contributed by atoms with Gasteiger partial charge in [0.2, 0.25) is 0 Å². The third kappa shape index (κ3) is 6.57. The topological polar surface area (TPSA) is 52.6 Å². The lowest BCUT2D eigenvalue weighted by molar-refractivity contribution is -0.145. The molecular formula is C26H33ClO4. The number of aryl methyl sites for hydroxylation is 1. The molecule has 2 aromatic carbocycles. The Morgan fingerprint density at radius 1 is 1.10 bits per heavy atom. The standard InChI is InChI=1S/C26H33ClO4/c1-7-9-13-21(25(29)30-8-2)22-16-19(26(4,5)6)14-17(3)23(22)31-24(28)18-11-10-12-20(27)15-18/h10-12,14-16,21H,7-9,13H2,1-6H3. The van der Waals surface area contributed by atoms with Gasteiger partial charge < -0.3 is 9.47 Å². The van der Waals surface area contributed by atoms with Crippen molar-refractivity contribution in [3.63, 3.8) is 0 Å². The van der Waals surface area contributed by atoms with Gasteiger partial charge in [0.15, 0.2) is 0 Å². The number of hydrogen-bond donors (Lipinski definition) is 0. The first-order valence-corrected chi connectivity index (χ1v) is 11.3.